The number of ether oxygens (including phenoxy) is 1. The van der Waals surface area contributed by atoms with Crippen LogP contribution in [-0.2, 0) is 0 Å². The number of rotatable bonds is 6. The Bertz CT molecular complexity index is 766. The zero-order valence-electron chi connectivity index (χ0n) is 16.1. The van der Waals surface area contributed by atoms with E-state index in [2.05, 4.69) is 17.1 Å². The van der Waals surface area contributed by atoms with Gasteiger partial charge in [0.05, 0.1) is 13.2 Å². The first-order chi connectivity index (χ1) is 13.1. The largest absolute Gasteiger partial charge is 0.497 e. The highest BCUT2D eigenvalue weighted by molar-refractivity contribution is 5.94. The molecule has 1 fully saturated rings. The maximum Gasteiger partial charge on any atom is 0.251 e. The molecule has 1 aliphatic rings. The summed E-state index contributed by atoms with van der Waals surface area (Å²) in [5.41, 5.74) is 4.02. The van der Waals surface area contributed by atoms with E-state index >= 15 is 0 Å². The number of piperidine rings is 1. The molecule has 3 rings (SSSR count). The van der Waals surface area contributed by atoms with Crippen molar-refractivity contribution in [3.8, 4) is 16.9 Å². The Morgan fingerprint density at radius 1 is 1.19 bits per heavy atom. The van der Waals surface area contributed by atoms with Gasteiger partial charge in [-0.3, -0.25) is 4.79 Å². The molecule has 2 aromatic carbocycles. The number of amides is 1. The average molecular weight is 368 g/mol. The van der Waals surface area contributed by atoms with E-state index in [9.17, 15) is 9.90 Å². The van der Waals surface area contributed by atoms with Crippen molar-refractivity contribution in [3.05, 3.63) is 53.6 Å². The summed E-state index contributed by atoms with van der Waals surface area (Å²) in [5.74, 6) is 0.792. The van der Waals surface area contributed by atoms with Gasteiger partial charge in [-0.2, -0.15) is 0 Å². The summed E-state index contributed by atoms with van der Waals surface area (Å²) in [6.45, 7) is 5.29. The number of aliphatic hydroxyl groups is 1. The van der Waals surface area contributed by atoms with Crippen molar-refractivity contribution in [1.82, 2.24) is 10.2 Å². The normalized spacial score (nSPS) is 15.5. The summed E-state index contributed by atoms with van der Waals surface area (Å²) in [6, 6.07) is 13.7. The fraction of sp³-hybridized carbons (Fsp3) is 0.409. The third-order valence-electron chi connectivity index (χ3n) is 5.16. The molecule has 2 aromatic rings. The highest BCUT2D eigenvalue weighted by atomic mass is 16.5. The number of aryl methyl sites for hydroxylation is 1. The third kappa shape index (κ3) is 5.08. The molecule has 27 heavy (non-hydrogen) atoms. The molecule has 0 atom stereocenters. The fourth-order valence-corrected chi connectivity index (χ4v) is 3.46. The standard InChI is InChI=1S/C22H28N2O3/c1-16-15-20(27-2)7-8-21(16)17-3-5-18(6-4-17)22(26)23-11-14-24-12-9-19(25)10-13-24/h3-8,15,19,25H,9-14H2,1-2H3,(H,23,26). The predicted octanol–water partition coefficient (Wildman–Crippen LogP) is 2.86. The van der Waals surface area contributed by atoms with Gasteiger partial charge in [-0.15, -0.1) is 0 Å². The predicted molar refractivity (Wildman–Crippen MR) is 107 cm³/mol. The smallest absolute Gasteiger partial charge is 0.251 e. The van der Waals surface area contributed by atoms with Crippen molar-refractivity contribution in [1.29, 1.82) is 0 Å². The van der Waals surface area contributed by atoms with Crippen LogP contribution in [0.5, 0.6) is 5.75 Å². The number of nitrogens with zero attached hydrogens (tertiary/aromatic N) is 1. The molecule has 1 heterocycles. The van der Waals surface area contributed by atoms with E-state index < -0.39 is 0 Å². The van der Waals surface area contributed by atoms with E-state index in [1.807, 2.05) is 42.5 Å². The Morgan fingerprint density at radius 3 is 2.52 bits per heavy atom. The number of carbonyl (C=O) groups is 1. The first-order valence-electron chi connectivity index (χ1n) is 9.50. The van der Waals surface area contributed by atoms with Crippen molar-refractivity contribution < 1.29 is 14.6 Å². The summed E-state index contributed by atoms with van der Waals surface area (Å²) >= 11 is 0. The zero-order chi connectivity index (χ0) is 19.2. The van der Waals surface area contributed by atoms with Gasteiger partial charge in [0.15, 0.2) is 0 Å². The van der Waals surface area contributed by atoms with Crippen molar-refractivity contribution in [2.75, 3.05) is 33.3 Å². The van der Waals surface area contributed by atoms with Crippen LogP contribution in [0, 0.1) is 6.92 Å². The maximum absolute atomic E-state index is 12.4. The molecular weight excluding hydrogens is 340 g/mol. The lowest BCUT2D eigenvalue weighted by molar-refractivity contribution is 0.0804. The molecule has 0 unspecified atom stereocenters. The number of likely N-dealkylation sites (tertiary alicyclic amines) is 1. The first kappa shape index (κ1) is 19.4. The molecule has 5 nitrogen and oxygen atoms in total. The summed E-state index contributed by atoms with van der Waals surface area (Å²) in [5, 5.41) is 12.5. The van der Waals surface area contributed by atoms with Crippen LogP contribution in [0.15, 0.2) is 42.5 Å². The van der Waals surface area contributed by atoms with Crippen LogP contribution < -0.4 is 10.1 Å². The SMILES string of the molecule is COc1ccc(-c2ccc(C(=O)NCCN3CCC(O)CC3)cc2)c(C)c1. The number of aliphatic hydroxyl groups excluding tert-OH is 1. The molecule has 0 bridgehead atoms. The van der Waals surface area contributed by atoms with E-state index in [4.69, 9.17) is 4.74 Å². The average Bonchev–Trinajstić information content (AvgIpc) is 2.69. The fourth-order valence-electron chi connectivity index (χ4n) is 3.46. The van der Waals surface area contributed by atoms with Gasteiger partial charge in [-0.1, -0.05) is 18.2 Å². The van der Waals surface area contributed by atoms with Gasteiger partial charge in [0, 0.05) is 31.7 Å². The van der Waals surface area contributed by atoms with Crippen LogP contribution in [-0.4, -0.2) is 55.3 Å². The van der Waals surface area contributed by atoms with Gasteiger partial charge in [0.2, 0.25) is 0 Å². The second-order valence-corrected chi connectivity index (χ2v) is 7.09. The number of nitrogens with one attached hydrogen (secondary N) is 1. The Morgan fingerprint density at radius 2 is 1.89 bits per heavy atom. The highest BCUT2D eigenvalue weighted by Gasteiger charge is 2.16. The number of methoxy groups -OCH3 is 1. The molecule has 0 spiro atoms. The van der Waals surface area contributed by atoms with Crippen molar-refractivity contribution >= 4 is 5.91 Å². The second-order valence-electron chi connectivity index (χ2n) is 7.09. The third-order valence-corrected chi connectivity index (χ3v) is 5.16. The molecule has 1 amide bonds. The van der Waals surface area contributed by atoms with E-state index in [0.717, 1.165) is 54.9 Å². The molecule has 0 saturated carbocycles. The van der Waals surface area contributed by atoms with Crippen LogP contribution >= 0.6 is 0 Å². The summed E-state index contributed by atoms with van der Waals surface area (Å²) in [6.07, 6.45) is 1.48. The van der Waals surface area contributed by atoms with E-state index in [-0.39, 0.29) is 12.0 Å². The molecular formula is C22H28N2O3. The minimum atomic E-state index is -0.163. The minimum absolute atomic E-state index is 0.0509. The van der Waals surface area contributed by atoms with Gasteiger partial charge in [-0.25, -0.2) is 0 Å². The quantitative estimate of drug-likeness (QED) is 0.823. The number of carbonyl (C=O) groups excluding carboxylic acids is 1. The van der Waals surface area contributed by atoms with Crippen LogP contribution in [0.4, 0.5) is 0 Å². The Balaban J connectivity index is 1.54. The minimum Gasteiger partial charge on any atom is -0.497 e. The second kappa shape index (κ2) is 9.02. The molecule has 2 N–H and O–H groups in total. The number of benzene rings is 2. The molecule has 0 radical (unpaired) electrons. The van der Waals surface area contributed by atoms with Crippen LogP contribution in [0.25, 0.3) is 11.1 Å². The lowest BCUT2D eigenvalue weighted by Gasteiger charge is -2.29. The molecule has 0 aromatic heterocycles. The first-order valence-corrected chi connectivity index (χ1v) is 9.50. The molecule has 1 aliphatic heterocycles. The lowest BCUT2D eigenvalue weighted by Crippen LogP contribution is -2.40. The Kier molecular flexibility index (Phi) is 6.48. The van der Waals surface area contributed by atoms with Crippen molar-refractivity contribution in [2.45, 2.75) is 25.9 Å². The zero-order valence-corrected chi connectivity index (χ0v) is 16.1. The maximum atomic E-state index is 12.4. The molecule has 5 heteroatoms. The van der Waals surface area contributed by atoms with E-state index in [1.165, 1.54) is 0 Å². The monoisotopic (exact) mass is 368 g/mol. The lowest BCUT2D eigenvalue weighted by atomic mass is 9.99. The summed E-state index contributed by atoms with van der Waals surface area (Å²) in [4.78, 5) is 14.6. The summed E-state index contributed by atoms with van der Waals surface area (Å²) < 4.78 is 5.25. The van der Waals surface area contributed by atoms with Gasteiger partial charge in [0.25, 0.3) is 5.91 Å². The van der Waals surface area contributed by atoms with Gasteiger partial charge >= 0.3 is 0 Å². The van der Waals surface area contributed by atoms with E-state index in [1.54, 1.807) is 7.11 Å². The number of hydrogen-bond donors (Lipinski definition) is 2. The highest BCUT2D eigenvalue weighted by Crippen LogP contribution is 2.27. The topological polar surface area (TPSA) is 61.8 Å². The molecule has 0 aliphatic carbocycles. The van der Waals surface area contributed by atoms with Crippen LogP contribution in [0.1, 0.15) is 28.8 Å². The molecule has 1 saturated heterocycles. The van der Waals surface area contributed by atoms with Gasteiger partial charge < -0.3 is 20.1 Å². The van der Waals surface area contributed by atoms with Crippen molar-refractivity contribution in [2.24, 2.45) is 0 Å². The van der Waals surface area contributed by atoms with E-state index in [0.29, 0.717) is 12.1 Å². The number of hydrogen-bond acceptors (Lipinski definition) is 4. The van der Waals surface area contributed by atoms with Gasteiger partial charge in [0.1, 0.15) is 5.75 Å². The Hall–Kier alpha value is -2.37. The molecule has 144 valence electrons. The van der Waals surface area contributed by atoms with Gasteiger partial charge in [-0.05, 0) is 60.7 Å². The van der Waals surface area contributed by atoms with Crippen LogP contribution in [0.3, 0.4) is 0 Å². The summed E-state index contributed by atoms with van der Waals surface area (Å²) in [7, 11) is 1.66. The Labute approximate surface area is 161 Å². The van der Waals surface area contributed by atoms with Crippen LogP contribution in [0.2, 0.25) is 0 Å². The van der Waals surface area contributed by atoms with Crippen molar-refractivity contribution in [3.63, 3.8) is 0 Å².